The van der Waals surface area contributed by atoms with Gasteiger partial charge in [0.1, 0.15) is 5.75 Å². The molecule has 1 atom stereocenters. The van der Waals surface area contributed by atoms with Gasteiger partial charge in [-0.3, -0.25) is 0 Å². The zero-order valence-electron chi connectivity index (χ0n) is 11.9. The van der Waals surface area contributed by atoms with Crippen LogP contribution in [0.4, 0.5) is 5.69 Å². The molecule has 0 aliphatic heterocycles. The molecule has 0 aliphatic rings. The van der Waals surface area contributed by atoms with Gasteiger partial charge in [-0.05, 0) is 52.0 Å². The first-order chi connectivity index (χ1) is 9.10. The minimum atomic E-state index is 0.211. The van der Waals surface area contributed by atoms with Crippen molar-refractivity contribution in [3.8, 4) is 5.75 Å². The molecule has 1 aromatic heterocycles. The zero-order valence-corrected chi connectivity index (χ0v) is 12.7. The molecule has 1 unspecified atom stereocenters. The molecule has 2 rings (SSSR count). The summed E-state index contributed by atoms with van der Waals surface area (Å²) in [7, 11) is 0. The van der Waals surface area contributed by atoms with E-state index in [1.54, 1.807) is 11.3 Å². The lowest BCUT2D eigenvalue weighted by Crippen LogP contribution is -2.08. The summed E-state index contributed by atoms with van der Waals surface area (Å²) in [6.45, 7) is 8.99. The van der Waals surface area contributed by atoms with E-state index in [4.69, 9.17) is 4.74 Å². The molecule has 1 N–H and O–H groups in total. The number of aryl methyl sites for hydroxylation is 2. The van der Waals surface area contributed by atoms with E-state index in [2.05, 4.69) is 24.1 Å². The van der Waals surface area contributed by atoms with Crippen LogP contribution in [0.5, 0.6) is 5.75 Å². The average Bonchev–Trinajstić information content (AvgIpc) is 2.71. The van der Waals surface area contributed by atoms with Crippen LogP contribution in [-0.4, -0.2) is 11.6 Å². The monoisotopic (exact) mass is 276 g/mol. The fourth-order valence-electron chi connectivity index (χ4n) is 2.08. The first kappa shape index (κ1) is 13.9. The standard InChI is InChI=1S/C15H20N2OS/c1-5-18-14-8-6-13(7-9-14)16-10(2)15-11(3)19-12(4)17-15/h6-10,16H,5H2,1-4H3. The number of hydrogen-bond acceptors (Lipinski definition) is 4. The third kappa shape index (κ3) is 3.47. The number of hydrogen-bond donors (Lipinski definition) is 1. The second kappa shape index (κ2) is 6.06. The van der Waals surface area contributed by atoms with Gasteiger partial charge in [0.05, 0.1) is 23.4 Å². The van der Waals surface area contributed by atoms with Crippen LogP contribution in [0.1, 0.15) is 35.5 Å². The van der Waals surface area contributed by atoms with Crippen LogP contribution in [0.3, 0.4) is 0 Å². The number of ether oxygens (including phenoxy) is 1. The van der Waals surface area contributed by atoms with Crippen LogP contribution in [0, 0.1) is 13.8 Å². The minimum absolute atomic E-state index is 0.211. The van der Waals surface area contributed by atoms with Gasteiger partial charge in [-0.25, -0.2) is 4.98 Å². The second-order valence-electron chi connectivity index (χ2n) is 4.50. The summed E-state index contributed by atoms with van der Waals surface area (Å²) in [5.41, 5.74) is 2.22. The van der Waals surface area contributed by atoms with E-state index in [9.17, 15) is 0 Å². The van der Waals surface area contributed by atoms with Crippen molar-refractivity contribution < 1.29 is 4.74 Å². The van der Waals surface area contributed by atoms with Crippen LogP contribution < -0.4 is 10.1 Å². The third-order valence-corrected chi connectivity index (χ3v) is 3.80. The average molecular weight is 276 g/mol. The van der Waals surface area contributed by atoms with Crippen LogP contribution in [0.25, 0.3) is 0 Å². The summed E-state index contributed by atoms with van der Waals surface area (Å²) in [6, 6.07) is 8.25. The number of aromatic nitrogens is 1. The highest BCUT2D eigenvalue weighted by atomic mass is 32.1. The number of anilines is 1. The maximum absolute atomic E-state index is 5.43. The van der Waals surface area contributed by atoms with E-state index in [1.165, 1.54) is 4.88 Å². The van der Waals surface area contributed by atoms with Crippen molar-refractivity contribution in [3.05, 3.63) is 39.8 Å². The molecule has 1 heterocycles. The fourth-order valence-corrected chi connectivity index (χ4v) is 2.99. The van der Waals surface area contributed by atoms with Gasteiger partial charge >= 0.3 is 0 Å². The van der Waals surface area contributed by atoms with Crippen molar-refractivity contribution in [1.82, 2.24) is 4.98 Å². The molecule has 0 amide bonds. The third-order valence-electron chi connectivity index (χ3n) is 2.90. The SMILES string of the molecule is CCOc1ccc(NC(C)c2nc(C)sc2C)cc1. The van der Waals surface area contributed by atoms with Gasteiger partial charge in [0.15, 0.2) is 0 Å². The number of nitrogens with zero attached hydrogens (tertiary/aromatic N) is 1. The molecular formula is C15H20N2OS. The number of nitrogens with one attached hydrogen (secondary N) is 1. The van der Waals surface area contributed by atoms with Gasteiger partial charge in [0.2, 0.25) is 0 Å². The van der Waals surface area contributed by atoms with Gasteiger partial charge in [0.25, 0.3) is 0 Å². The molecule has 4 heteroatoms. The van der Waals surface area contributed by atoms with Crippen LogP contribution in [0.15, 0.2) is 24.3 Å². The Kier molecular flexibility index (Phi) is 4.43. The van der Waals surface area contributed by atoms with Gasteiger partial charge in [-0.1, -0.05) is 0 Å². The molecule has 3 nitrogen and oxygen atoms in total. The minimum Gasteiger partial charge on any atom is -0.494 e. The Hall–Kier alpha value is -1.55. The molecule has 0 aliphatic carbocycles. The lowest BCUT2D eigenvalue weighted by molar-refractivity contribution is 0.340. The Morgan fingerprint density at radius 2 is 1.95 bits per heavy atom. The molecule has 19 heavy (non-hydrogen) atoms. The topological polar surface area (TPSA) is 34.1 Å². The van der Waals surface area contributed by atoms with E-state index >= 15 is 0 Å². The molecule has 1 aromatic carbocycles. The van der Waals surface area contributed by atoms with E-state index in [0.29, 0.717) is 6.61 Å². The Morgan fingerprint density at radius 1 is 1.26 bits per heavy atom. The Balaban J connectivity index is 2.06. The van der Waals surface area contributed by atoms with Crippen LogP contribution in [-0.2, 0) is 0 Å². The first-order valence-electron chi connectivity index (χ1n) is 6.53. The fraction of sp³-hybridized carbons (Fsp3) is 0.400. The van der Waals surface area contributed by atoms with Gasteiger partial charge in [0, 0.05) is 10.6 Å². The predicted molar refractivity (Wildman–Crippen MR) is 81.2 cm³/mol. The van der Waals surface area contributed by atoms with Crippen molar-refractivity contribution >= 4 is 17.0 Å². The van der Waals surface area contributed by atoms with Crippen molar-refractivity contribution in [2.45, 2.75) is 33.7 Å². The lowest BCUT2D eigenvalue weighted by atomic mass is 10.2. The van der Waals surface area contributed by atoms with Gasteiger partial charge in [-0.15, -0.1) is 11.3 Å². The number of benzene rings is 1. The highest BCUT2D eigenvalue weighted by Gasteiger charge is 2.12. The van der Waals surface area contributed by atoms with Crippen molar-refractivity contribution in [3.63, 3.8) is 0 Å². The molecule has 102 valence electrons. The molecule has 2 aromatic rings. The first-order valence-corrected chi connectivity index (χ1v) is 7.35. The number of rotatable bonds is 5. The normalized spacial score (nSPS) is 12.2. The molecule has 0 bridgehead atoms. The summed E-state index contributed by atoms with van der Waals surface area (Å²) in [5.74, 6) is 0.904. The van der Waals surface area contributed by atoms with E-state index in [1.807, 2.05) is 38.1 Å². The summed E-state index contributed by atoms with van der Waals surface area (Å²) in [4.78, 5) is 5.87. The Bertz CT molecular complexity index is 534. The van der Waals surface area contributed by atoms with E-state index < -0.39 is 0 Å². The number of thiazole rings is 1. The van der Waals surface area contributed by atoms with Gasteiger partial charge < -0.3 is 10.1 Å². The van der Waals surface area contributed by atoms with Crippen molar-refractivity contribution in [2.24, 2.45) is 0 Å². The molecular weight excluding hydrogens is 256 g/mol. The maximum atomic E-state index is 5.43. The molecule has 0 saturated carbocycles. The summed E-state index contributed by atoms with van der Waals surface area (Å²) >= 11 is 1.75. The summed E-state index contributed by atoms with van der Waals surface area (Å²) in [6.07, 6.45) is 0. The van der Waals surface area contributed by atoms with Crippen molar-refractivity contribution in [2.75, 3.05) is 11.9 Å². The molecule has 0 spiro atoms. The maximum Gasteiger partial charge on any atom is 0.119 e. The smallest absolute Gasteiger partial charge is 0.119 e. The second-order valence-corrected chi connectivity index (χ2v) is 5.91. The van der Waals surface area contributed by atoms with Crippen LogP contribution >= 0.6 is 11.3 Å². The van der Waals surface area contributed by atoms with Crippen molar-refractivity contribution in [1.29, 1.82) is 0 Å². The van der Waals surface area contributed by atoms with E-state index in [0.717, 1.165) is 22.1 Å². The van der Waals surface area contributed by atoms with E-state index in [-0.39, 0.29) is 6.04 Å². The summed E-state index contributed by atoms with van der Waals surface area (Å²) in [5, 5.41) is 4.59. The summed E-state index contributed by atoms with van der Waals surface area (Å²) < 4.78 is 5.43. The molecule has 0 saturated heterocycles. The lowest BCUT2D eigenvalue weighted by Gasteiger charge is -2.14. The highest BCUT2D eigenvalue weighted by Crippen LogP contribution is 2.26. The largest absolute Gasteiger partial charge is 0.494 e. The van der Waals surface area contributed by atoms with Gasteiger partial charge in [-0.2, -0.15) is 0 Å². The molecule has 0 radical (unpaired) electrons. The Morgan fingerprint density at radius 3 is 2.47 bits per heavy atom. The van der Waals surface area contributed by atoms with Crippen LogP contribution in [0.2, 0.25) is 0 Å². The quantitative estimate of drug-likeness (QED) is 0.882. The Labute approximate surface area is 118 Å². The molecule has 0 fully saturated rings. The zero-order chi connectivity index (χ0) is 13.8. The highest BCUT2D eigenvalue weighted by molar-refractivity contribution is 7.11. The predicted octanol–water partition coefficient (Wildman–Crippen LogP) is 4.33.